The highest BCUT2D eigenvalue weighted by molar-refractivity contribution is 9.10. The minimum atomic E-state index is -0.625. The maximum absolute atomic E-state index is 12.4. The Morgan fingerprint density at radius 2 is 2.00 bits per heavy atom. The number of hydrogen-bond acceptors (Lipinski definition) is 5. The first kappa shape index (κ1) is 14.9. The molecule has 0 radical (unpaired) electrons. The molecule has 0 saturated carbocycles. The predicted octanol–water partition coefficient (Wildman–Crippen LogP) is 3.99. The molecule has 2 heterocycles. The number of pyridine rings is 1. The van der Waals surface area contributed by atoms with Crippen molar-refractivity contribution in [3.8, 4) is 23.0 Å². The number of aromatic hydroxyl groups is 1. The van der Waals surface area contributed by atoms with E-state index in [9.17, 15) is 9.90 Å². The van der Waals surface area contributed by atoms with Gasteiger partial charge in [0.05, 0.1) is 7.11 Å². The quantitative estimate of drug-likeness (QED) is 0.679. The summed E-state index contributed by atoms with van der Waals surface area (Å²) in [5, 5.41) is 10.3. The van der Waals surface area contributed by atoms with Crippen LogP contribution in [-0.4, -0.2) is 17.2 Å². The molecule has 0 bridgehead atoms. The Labute approximate surface area is 138 Å². The third-order valence-corrected chi connectivity index (χ3v) is 3.81. The van der Waals surface area contributed by atoms with Crippen molar-refractivity contribution in [1.82, 2.24) is 4.98 Å². The highest BCUT2D eigenvalue weighted by atomic mass is 79.9. The van der Waals surface area contributed by atoms with Crippen molar-refractivity contribution in [2.45, 2.75) is 0 Å². The molecule has 0 amide bonds. The van der Waals surface area contributed by atoms with E-state index in [1.165, 1.54) is 13.2 Å². The van der Waals surface area contributed by atoms with E-state index in [4.69, 9.17) is 20.8 Å². The molecule has 3 aromatic rings. The van der Waals surface area contributed by atoms with Crippen LogP contribution in [-0.2, 0) is 0 Å². The zero-order chi connectivity index (χ0) is 15.9. The zero-order valence-corrected chi connectivity index (χ0v) is 13.6. The molecule has 112 valence electrons. The predicted molar refractivity (Wildman–Crippen MR) is 86.6 cm³/mol. The van der Waals surface area contributed by atoms with Gasteiger partial charge in [0.1, 0.15) is 16.1 Å². The molecule has 0 saturated heterocycles. The van der Waals surface area contributed by atoms with Crippen LogP contribution in [0.25, 0.3) is 22.3 Å². The zero-order valence-electron chi connectivity index (χ0n) is 11.3. The van der Waals surface area contributed by atoms with Gasteiger partial charge in [-0.25, -0.2) is 4.98 Å². The van der Waals surface area contributed by atoms with E-state index in [0.717, 1.165) is 4.47 Å². The van der Waals surface area contributed by atoms with Gasteiger partial charge in [0, 0.05) is 16.1 Å². The van der Waals surface area contributed by atoms with E-state index in [1.807, 2.05) is 0 Å². The molecule has 0 fully saturated rings. The Hall–Kier alpha value is -2.05. The maximum atomic E-state index is 12.4. The van der Waals surface area contributed by atoms with E-state index < -0.39 is 11.2 Å². The van der Waals surface area contributed by atoms with Gasteiger partial charge in [-0.2, -0.15) is 0 Å². The molecule has 0 aliphatic carbocycles. The van der Waals surface area contributed by atoms with Crippen molar-refractivity contribution >= 4 is 38.5 Å². The standard InChI is InChI=1S/C15H9BrClNO4/c1-21-15-11-9(6-10(17)18-15)22-14(13(20)12(11)19)7-2-4-8(16)5-3-7/h2-6,20H,1H3. The molecule has 1 N–H and O–H groups in total. The minimum absolute atomic E-state index is 0.00825. The van der Waals surface area contributed by atoms with Crippen molar-refractivity contribution in [1.29, 1.82) is 0 Å². The third-order valence-electron chi connectivity index (χ3n) is 3.09. The summed E-state index contributed by atoms with van der Waals surface area (Å²) in [4.78, 5) is 16.3. The maximum Gasteiger partial charge on any atom is 0.240 e. The first-order chi connectivity index (χ1) is 10.5. The van der Waals surface area contributed by atoms with Gasteiger partial charge in [0.25, 0.3) is 0 Å². The van der Waals surface area contributed by atoms with E-state index in [0.29, 0.717) is 5.56 Å². The summed E-state index contributed by atoms with van der Waals surface area (Å²) in [5.74, 6) is -0.430. The Bertz CT molecular complexity index is 921. The van der Waals surface area contributed by atoms with Gasteiger partial charge in [-0.3, -0.25) is 4.79 Å². The largest absolute Gasteiger partial charge is 0.502 e. The number of fused-ring (bicyclic) bond motifs is 1. The average Bonchev–Trinajstić information content (AvgIpc) is 2.50. The number of methoxy groups -OCH3 is 1. The summed E-state index contributed by atoms with van der Waals surface area (Å²) in [7, 11) is 1.36. The van der Waals surface area contributed by atoms with Crippen LogP contribution in [0.5, 0.6) is 11.6 Å². The second-order valence-corrected chi connectivity index (χ2v) is 5.75. The molecule has 0 atom stereocenters. The molecule has 2 aromatic heterocycles. The Kier molecular flexibility index (Phi) is 3.80. The van der Waals surface area contributed by atoms with E-state index >= 15 is 0 Å². The fourth-order valence-corrected chi connectivity index (χ4v) is 2.53. The molecule has 1 aromatic carbocycles. The summed E-state index contributed by atoms with van der Waals surface area (Å²) >= 11 is 9.21. The van der Waals surface area contributed by atoms with E-state index in [1.54, 1.807) is 24.3 Å². The Balaban J connectivity index is 2.37. The fourth-order valence-electron chi connectivity index (χ4n) is 2.08. The van der Waals surface area contributed by atoms with Crippen molar-refractivity contribution in [2.75, 3.05) is 7.11 Å². The molecular weight excluding hydrogens is 374 g/mol. The van der Waals surface area contributed by atoms with Crippen LogP contribution in [0.15, 0.2) is 44.0 Å². The van der Waals surface area contributed by atoms with Crippen LogP contribution in [0.4, 0.5) is 0 Å². The van der Waals surface area contributed by atoms with Gasteiger partial charge in [0.15, 0.2) is 5.76 Å². The summed E-state index contributed by atoms with van der Waals surface area (Å²) in [6, 6.07) is 8.39. The lowest BCUT2D eigenvalue weighted by molar-refractivity contribution is 0.400. The molecule has 0 aliphatic heterocycles. The first-order valence-corrected chi connectivity index (χ1v) is 7.34. The number of rotatable bonds is 2. The minimum Gasteiger partial charge on any atom is -0.502 e. The SMILES string of the molecule is COc1nc(Cl)cc2oc(-c3ccc(Br)cc3)c(O)c(=O)c12. The van der Waals surface area contributed by atoms with Crippen LogP contribution in [0.1, 0.15) is 0 Å². The fraction of sp³-hybridized carbons (Fsp3) is 0.0667. The highest BCUT2D eigenvalue weighted by Gasteiger charge is 2.19. The smallest absolute Gasteiger partial charge is 0.240 e. The van der Waals surface area contributed by atoms with E-state index in [2.05, 4.69) is 20.9 Å². The molecular formula is C15H9BrClNO4. The van der Waals surface area contributed by atoms with Crippen LogP contribution >= 0.6 is 27.5 Å². The number of aromatic nitrogens is 1. The third kappa shape index (κ3) is 2.44. The summed E-state index contributed by atoms with van der Waals surface area (Å²) < 4.78 is 11.6. The molecule has 0 spiro atoms. The Morgan fingerprint density at radius 1 is 1.32 bits per heavy atom. The van der Waals surface area contributed by atoms with Gasteiger partial charge in [-0.1, -0.05) is 27.5 Å². The number of ether oxygens (including phenoxy) is 1. The van der Waals surface area contributed by atoms with Gasteiger partial charge in [-0.05, 0) is 24.3 Å². The lowest BCUT2D eigenvalue weighted by Crippen LogP contribution is -2.05. The highest BCUT2D eigenvalue weighted by Crippen LogP contribution is 2.33. The lowest BCUT2D eigenvalue weighted by atomic mass is 10.1. The monoisotopic (exact) mass is 381 g/mol. The summed E-state index contributed by atoms with van der Waals surface area (Å²) in [6.45, 7) is 0. The van der Waals surface area contributed by atoms with Gasteiger partial charge in [-0.15, -0.1) is 0 Å². The van der Waals surface area contributed by atoms with Crippen molar-refractivity contribution < 1.29 is 14.3 Å². The summed E-state index contributed by atoms with van der Waals surface area (Å²) in [5.41, 5.74) is 0.129. The molecule has 22 heavy (non-hydrogen) atoms. The van der Waals surface area contributed by atoms with Crippen LogP contribution < -0.4 is 10.2 Å². The number of benzene rings is 1. The van der Waals surface area contributed by atoms with Crippen LogP contribution in [0.3, 0.4) is 0 Å². The van der Waals surface area contributed by atoms with Gasteiger partial charge >= 0.3 is 0 Å². The number of halogens is 2. The van der Waals surface area contributed by atoms with Crippen molar-refractivity contribution in [2.24, 2.45) is 0 Å². The molecule has 0 aliphatic rings. The van der Waals surface area contributed by atoms with E-state index in [-0.39, 0.29) is 27.8 Å². The first-order valence-electron chi connectivity index (χ1n) is 6.17. The normalized spacial score (nSPS) is 10.9. The van der Waals surface area contributed by atoms with Crippen LogP contribution in [0.2, 0.25) is 5.15 Å². The van der Waals surface area contributed by atoms with Gasteiger partial charge < -0.3 is 14.3 Å². The number of hydrogen-bond donors (Lipinski definition) is 1. The summed E-state index contributed by atoms with van der Waals surface area (Å²) in [6.07, 6.45) is 0. The molecule has 7 heteroatoms. The second-order valence-electron chi connectivity index (χ2n) is 4.44. The number of nitrogens with zero attached hydrogens (tertiary/aromatic N) is 1. The Morgan fingerprint density at radius 3 is 2.64 bits per heavy atom. The van der Waals surface area contributed by atoms with Crippen molar-refractivity contribution in [3.05, 3.63) is 50.2 Å². The molecule has 5 nitrogen and oxygen atoms in total. The topological polar surface area (TPSA) is 72.6 Å². The lowest BCUT2D eigenvalue weighted by Gasteiger charge is -2.08. The molecule has 0 unspecified atom stereocenters. The van der Waals surface area contributed by atoms with Gasteiger partial charge in [0.2, 0.25) is 17.1 Å². The van der Waals surface area contributed by atoms with Crippen LogP contribution in [0, 0.1) is 0 Å². The second kappa shape index (κ2) is 5.62. The molecule has 3 rings (SSSR count). The van der Waals surface area contributed by atoms with Crippen molar-refractivity contribution in [3.63, 3.8) is 0 Å². The average molecular weight is 383 g/mol.